The van der Waals surface area contributed by atoms with Crippen LogP contribution in [0.2, 0.25) is 15.1 Å². The maximum absolute atomic E-state index is 14.5. The van der Waals surface area contributed by atoms with E-state index >= 15 is 0 Å². The molecule has 4 aromatic rings. The molecular formula is C34H34Cl3N3O4S. The first-order valence-corrected chi connectivity index (χ1v) is 16.8. The molecule has 0 unspecified atom stereocenters. The molecule has 236 valence electrons. The van der Waals surface area contributed by atoms with Gasteiger partial charge in [0.1, 0.15) is 12.6 Å². The maximum atomic E-state index is 14.5. The number of rotatable bonds is 12. The maximum Gasteiger partial charge on any atom is 0.264 e. The van der Waals surface area contributed by atoms with E-state index in [1.807, 2.05) is 51.1 Å². The molecule has 0 saturated heterocycles. The van der Waals surface area contributed by atoms with Gasteiger partial charge in [-0.25, -0.2) is 8.42 Å². The van der Waals surface area contributed by atoms with Gasteiger partial charge in [0.2, 0.25) is 11.8 Å². The van der Waals surface area contributed by atoms with Gasteiger partial charge < -0.3 is 10.2 Å². The molecule has 1 N–H and O–H groups in total. The van der Waals surface area contributed by atoms with Crippen LogP contribution in [0.15, 0.2) is 102 Å². The van der Waals surface area contributed by atoms with Gasteiger partial charge in [0, 0.05) is 34.1 Å². The van der Waals surface area contributed by atoms with Gasteiger partial charge in [0.25, 0.3) is 10.0 Å². The summed E-state index contributed by atoms with van der Waals surface area (Å²) in [7, 11) is -4.22. The zero-order chi connectivity index (χ0) is 32.7. The Balaban J connectivity index is 1.82. The number of sulfonamides is 1. The number of benzene rings is 4. The molecule has 45 heavy (non-hydrogen) atoms. The lowest BCUT2D eigenvalue weighted by molar-refractivity contribution is -0.140. The van der Waals surface area contributed by atoms with Crippen LogP contribution in [0.3, 0.4) is 0 Å². The highest BCUT2D eigenvalue weighted by Crippen LogP contribution is 2.28. The van der Waals surface area contributed by atoms with Crippen molar-refractivity contribution in [2.45, 2.75) is 50.7 Å². The van der Waals surface area contributed by atoms with E-state index in [0.717, 1.165) is 15.4 Å². The summed E-state index contributed by atoms with van der Waals surface area (Å²) in [6, 6.07) is 25.6. The highest BCUT2D eigenvalue weighted by Gasteiger charge is 2.35. The predicted molar refractivity (Wildman–Crippen MR) is 181 cm³/mol. The molecule has 4 rings (SSSR count). The first kappa shape index (κ1) is 34.3. The van der Waals surface area contributed by atoms with Gasteiger partial charge in [-0.1, -0.05) is 88.9 Å². The quantitative estimate of drug-likeness (QED) is 0.169. The minimum atomic E-state index is -4.22. The first-order chi connectivity index (χ1) is 21.3. The summed E-state index contributed by atoms with van der Waals surface area (Å²) in [5.74, 6) is -0.988. The summed E-state index contributed by atoms with van der Waals surface area (Å²) in [4.78, 5) is 29.6. The number of aryl methyl sites for hydroxylation is 1. The van der Waals surface area contributed by atoms with E-state index in [9.17, 15) is 18.0 Å². The Morgan fingerprint density at radius 3 is 2.04 bits per heavy atom. The highest BCUT2D eigenvalue weighted by atomic mass is 35.5. The van der Waals surface area contributed by atoms with Crippen molar-refractivity contribution >= 4 is 62.3 Å². The van der Waals surface area contributed by atoms with Crippen molar-refractivity contribution in [3.63, 3.8) is 0 Å². The van der Waals surface area contributed by atoms with Crippen LogP contribution in [-0.2, 0) is 32.6 Å². The minimum absolute atomic E-state index is 0.0153. The number of nitrogens with zero attached hydrogens (tertiary/aromatic N) is 2. The van der Waals surface area contributed by atoms with Gasteiger partial charge >= 0.3 is 0 Å². The van der Waals surface area contributed by atoms with Gasteiger partial charge in [-0.15, -0.1) is 0 Å². The van der Waals surface area contributed by atoms with Crippen molar-refractivity contribution in [3.8, 4) is 0 Å². The molecule has 0 radical (unpaired) electrons. The molecule has 0 spiro atoms. The van der Waals surface area contributed by atoms with Crippen molar-refractivity contribution in [3.05, 3.63) is 129 Å². The summed E-state index contributed by atoms with van der Waals surface area (Å²) in [6.45, 7) is 4.85. The number of anilines is 1. The summed E-state index contributed by atoms with van der Waals surface area (Å²) in [6.07, 6.45) is 0.183. The smallest absolute Gasteiger partial charge is 0.264 e. The first-order valence-electron chi connectivity index (χ1n) is 14.3. The number of halogens is 3. The Labute approximate surface area is 279 Å². The lowest BCUT2D eigenvalue weighted by Gasteiger charge is -2.34. The molecule has 0 saturated carbocycles. The molecule has 11 heteroatoms. The fourth-order valence-electron chi connectivity index (χ4n) is 4.74. The third kappa shape index (κ3) is 9.01. The topological polar surface area (TPSA) is 86.8 Å². The average Bonchev–Trinajstić information content (AvgIpc) is 2.99. The summed E-state index contributed by atoms with van der Waals surface area (Å²) in [5.41, 5.74) is 2.49. The van der Waals surface area contributed by atoms with Gasteiger partial charge in [0.05, 0.1) is 10.6 Å². The van der Waals surface area contributed by atoms with Crippen LogP contribution in [0, 0.1) is 6.92 Å². The van der Waals surface area contributed by atoms with E-state index < -0.39 is 28.5 Å². The predicted octanol–water partition coefficient (Wildman–Crippen LogP) is 7.32. The van der Waals surface area contributed by atoms with Crippen molar-refractivity contribution in [2.24, 2.45) is 0 Å². The van der Waals surface area contributed by atoms with E-state index in [0.29, 0.717) is 20.6 Å². The van der Waals surface area contributed by atoms with E-state index in [-0.39, 0.29) is 35.5 Å². The van der Waals surface area contributed by atoms with Crippen LogP contribution < -0.4 is 9.62 Å². The number of hydrogen-bond donors (Lipinski definition) is 1. The van der Waals surface area contributed by atoms with Crippen molar-refractivity contribution in [1.29, 1.82) is 0 Å². The Hall–Kier alpha value is -3.56. The molecule has 0 aromatic heterocycles. The monoisotopic (exact) mass is 685 g/mol. The van der Waals surface area contributed by atoms with Gasteiger partial charge in [-0.2, -0.15) is 0 Å². The van der Waals surface area contributed by atoms with Crippen LogP contribution >= 0.6 is 34.8 Å². The zero-order valence-electron chi connectivity index (χ0n) is 25.1. The molecule has 0 bridgehead atoms. The van der Waals surface area contributed by atoms with Gasteiger partial charge in [0.15, 0.2) is 0 Å². The van der Waals surface area contributed by atoms with Crippen molar-refractivity contribution in [2.75, 3.05) is 10.8 Å². The van der Waals surface area contributed by atoms with Crippen LogP contribution in [-0.4, -0.2) is 43.8 Å². The van der Waals surface area contributed by atoms with Gasteiger partial charge in [-0.3, -0.25) is 13.9 Å². The molecule has 1 atom stereocenters. The third-order valence-corrected chi connectivity index (χ3v) is 9.69. The molecule has 0 aliphatic rings. The van der Waals surface area contributed by atoms with E-state index in [2.05, 4.69) is 5.32 Å². The molecule has 0 aliphatic carbocycles. The Bertz CT molecular complexity index is 1730. The molecule has 0 fully saturated rings. The second kappa shape index (κ2) is 15.1. The van der Waals surface area contributed by atoms with E-state index in [1.54, 1.807) is 42.5 Å². The summed E-state index contributed by atoms with van der Waals surface area (Å²) < 4.78 is 29.2. The average molecular weight is 687 g/mol. The number of carbonyl (C=O) groups excluding carboxylic acids is 2. The number of amides is 2. The molecule has 0 heterocycles. The van der Waals surface area contributed by atoms with Crippen LogP contribution in [0.1, 0.15) is 30.5 Å². The molecule has 7 nitrogen and oxygen atoms in total. The lowest BCUT2D eigenvalue weighted by atomic mass is 10.0. The van der Waals surface area contributed by atoms with Crippen LogP contribution in [0.5, 0.6) is 0 Å². The second-order valence-corrected chi connectivity index (χ2v) is 14.1. The van der Waals surface area contributed by atoms with Crippen molar-refractivity contribution in [1.82, 2.24) is 10.2 Å². The Kier molecular flexibility index (Phi) is 11.6. The fourth-order valence-corrected chi connectivity index (χ4v) is 6.75. The number of carbonyl (C=O) groups is 2. The van der Waals surface area contributed by atoms with Crippen molar-refractivity contribution < 1.29 is 18.0 Å². The molecular weight excluding hydrogens is 653 g/mol. The van der Waals surface area contributed by atoms with E-state index in [1.165, 1.54) is 29.2 Å². The highest BCUT2D eigenvalue weighted by molar-refractivity contribution is 7.92. The second-order valence-electron chi connectivity index (χ2n) is 10.9. The SMILES string of the molecule is Cc1ccc(S(=O)(=O)N(CC(=O)N(Cc2ccc(Cl)cc2Cl)[C@H](Cc2ccccc2)C(=O)NC(C)C)c2ccc(Cl)cc2)cc1. The normalized spacial score (nSPS) is 12.1. The molecule has 0 aliphatic heterocycles. The summed E-state index contributed by atoms with van der Waals surface area (Å²) in [5, 5.41) is 4.06. The fraction of sp³-hybridized carbons (Fsp3) is 0.235. The Morgan fingerprint density at radius 2 is 1.44 bits per heavy atom. The van der Waals surface area contributed by atoms with Gasteiger partial charge in [-0.05, 0) is 80.4 Å². The standard InChI is InChI=1S/C34H34Cl3N3O4S/c1-23(2)38-34(42)32(19-25-7-5-4-6-8-25)39(21-26-11-12-28(36)20-31(26)37)33(41)22-40(29-15-13-27(35)14-16-29)45(43,44)30-17-9-24(3)10-18-30/h4-18,20,23,32H,19,21-22H2,1-3H3,(H,38,42)/t32-/m1/s1. The number of hydrogen-bond acceptors (Lipinski definition) is 4. The zero-order valence-corrected chi connectivity index (χ0v) is 28.2. The van der Waals surface area contributed by atoms with E-state index in [4.69, 9.17) is 34.8 Å². The minimum Gasteiger partial charge on any atom is -0.352 e. The Morgan fingerprint density at radius 1 is 0.822 bits per heavy atom. The van der Waals surface area contributed by atoms with Crippen LogP contribution in [0.25, 0.3) is 0 Å². The van der Waals surface area contributed by atoms with Crippen LogP contribution in [0.4, 0.5) is 5.69 Å². The summed E-state index contributed by atoms with van der Waals surface area (Å²) >= 11 is 18.8. The molecule has 4 aromatic carbocycles. The number of nitrogens with one attached hydrogen (secondary N) is 1. The lowest BCUT2D eigenvalue weighted by Crippen LogP contribution is -2.54. The largest absolute Gasteiger partial charge is 0.352 e. The molecule has 2 amide bonds. The third-order valence-electron chi connectivity index (χ3n) is 7.06.